The van der Waals surface area contributed by atoms with Crippen molar-refractivity contribution in [2.75, 3.05) is 16.9 Å². The van der Waals surface area contributed by atoms with Crippen molar-refractivity contribution in [2.45, 2.75) is 91.6 Å². The van der Waals surface area contributed by atoms with Gasteiger partial charge in [-0.3, -0.25) is 4.79 Å². The van der Waals surface area contributed by atoms with Gasteiger partial charge in [-0.15, -0.1) is 4.90 Å². The van der Waals surface area contributed by atoms with Crippen LogP contribution in [0.1, 0.15) is 67.9 Å². The zero-order chi connectivity index (χ0) is 36.0. The minimum Gasteiger partial charge on any atom is -0.497 e. The van der Waals surface area contributed by atoms with E-state index in [4.69, 9.17) is 24.7 Å². The first-order valence-electron chi connectivity index (χ1n) is 15.3. The fourth-order valence-electron chi connectivity index (χ4n) is 4.15. The Morgan fingerprint density at radius 3 is 1.65 bits per heavy atom. The SMILES string of the molecule is COc1ccc(C[C@@H](N)C(=O)N(C(=O)OC(C)(C)C)c2ccc(-c3ccnc(N(C(=O)OC(C)(C)C)C(=O)OC(C)(C)C)n3)cc2)cc1. The number of aromatic nitrogens is 2. The zero-order valence-electron chi connectivity index (χ0n) is 29.2. The van der Waals surface area contributed by atoms with Gasteiger partial charge in [0.25, 0.3) is 5.91 Å². The Morgan fingerprint density at radius 2 is 1.19 bits per heavy atom. The lowest BCUT2D eigenvalue weighted by Crippen LogP contribution is -2.49. The molecule has 0 aliphatic heterocycles. The highest BCUT2D eigenvalue weighted by atomic mass is 16.6. The number of imide groups is 2. The van der Waals surface area contributed by atoms with Crippen LogP contribution in [0.4, 0.5) is 26.0 Å². The lowest BCUT2D eigenvalue weighted by molar-refractivity contribution is -0.119. The number of benzene rings is 2. The van der Waals surface area contributed by atoms with E-state index in [2.05, 4.69) is 9.97 Å². The minimum absolute atomic E-state index is 0.162. The highest BCUT2D eigenvalue weighted by Crippen LogP contribution is 2.27. The number of nitrogens with zero attached hydrogens (tertiary/aromatic N) is 4. The maximum absolute atomic E-state index is 13.7. The van der Waals surface area contributed by atoms with Crippen LogP contribution in [0, 0.1) is 0 Å². The molecule has 1 heterocycles. The molecule has 4 amide bonds. The van der Waals surface area contributed by atoms with Gasteiger partial charge >= 0.3 is 18.3 Å². The average Bonchev–Trinajstić information content (AvgIpc) is 2.95. The van der Waals surface area contributed by atoms with Crippen LogP contribution in [0.3, 0.4) is 0 Å². The number of carbonyl (C=O) groups excluding carboxylic acids is 4. The van der Waals surface area contributed by atoms with Gasteiger partial charge in [-0.25, -0.2) is 29.3 Å². The predicted octanol–water partition coefficient (Wildman–Crippen LogP) is 6.67. The second-order valence-corrected chi connectivity index (χ2v) is 13.9. The van der Waals surface area contributed by atoms with Crippen molar-refractivity contribution in [3.8, 4) is 17.0 Å². The quantitative estimate of drug-likeness (QED) is 0.269. The van der Waals surface area contributed by atoms with E-state index in [9.17, 15) is 19.2 Å². The molecule has 48 heavy (non-hydrogen) atoms. The normalized spacial score (nSPS) is 12.4. The fraction of sp³-hybridized carbons (Fsp3) is 0.429. The van der Waals surface area contributed by atoms with Crippen LogP contribution >= 0.6 is 0 Å². The van der Waals surface area contributed by atoms with Crippen molar-refractivity contribution in [2.24, 2.45) is 5.73 Å². The predicted molar refractivity (Wildman–Crippen MR) is 181 cm³/mol. The number of rotatable bonds is 7. The molecule has 0 aliphatic carbocycles. The molecule has 0 saturated heterocycles. The van der Waals surface area contributed by atoms with Crippen LogP contribution in [-0.2, 0) is 25.4 Å². The maximum atomic E-state index is 13.7. The summed E-state index contributed by atoms with van der Waals surface area (Å²) in [6.45, 7) is 15.0. The smallest absolute Gasteiger partial charge is 0.427 e. The summed E-state index contributed by atoms with van der Waals surface area (Å²) in [6, 6.07) is 13.9. The van der Waals surface area contributed by atoms with E-state index < -0.39 is 47.0 Å². The molecule has 1 atom stereocenters. The molecule has 1 aromatic heterocycles. The largest absolute Gasteiger partial charge is 0.497 e. The summed E-state index contributed by atoms with van der Waals surface area (Å²) in [5, 5.41) is 0. The van der Waals surface area contributed by atoms with Gasteiger partial charge in [-0.1, -0.05) is 24.3 Å². The number of anilines is 2. The highest BCUT2D eigenvalue weighted by Gasteiger charge is 2.35. The van der Waals surface area contributed by atoms with Crippen molar-refractivity contribution in [3.63, 3.8) is 0 Å². The molecule has 13 heteroatoms. The van der Waals surface area contributed by atoms with Crippen LogP contribution in [0.25, 0.3) is 11.3 Å². The highest BCUT2D eigenvalue weighted by molar-refractivity contribution is 6.14. The van der Waals surface area contributed by atoms with Crippen molar-refractivity contribution < 1.29 is 38.1 Å². The van der Waals surface area contributed by atoms with Gasteiger partial charge in [0.15, 0.2) is 0 Å². The minimum atomic E-state index is -1.07. The molecule has 2 N–H and O–H groups in total. The second kappa shape index (κ2) is 14.8. The molecular formula is C35H45N5O8. The number of methoxy groups -OCH3 is 1. The molecule has 3 aromatic rings. The Morgan fingerprint density at radius 1 is 0.708 bits per heavy atom. The zero-order valence-corrected chi connectivity index (χ0v) is 29.2. The fourth-order valence-corrected chi connectivity index (χ4v) is 4.15. The van der Waals surface area contributed by atoms with E-state index in [-0.39, 0.29) is 18.1 Å². The Labute approximate surface area is 281 Å². The number of carbonyl (C=O) groups is 4. The van der Waals surface area contributed by atoms with Crippen molar-refractivity contribution in [3.05, 3.63) is 66.4 Å². The van der Waals surface area contributed by atoms with E-state index in [0.717, 1.165) is 10.5 Å². The maximum Gasteiger partial charge on any atom is 0.427 e. The Bertz CT molecular complexity index is 1580. The van der Waals surface area contributed by atoms with Gasteiger partial charge in [0.2, 0.25) is 5.95 Å². The summed E-state index contributed by atoms with van der Waals surface area (Å²) in [5.74, 6) is -0.273. The Kier molecular flexibility index (Phi) is 11.5. The lowest BCUT2D eigenvalue weighted by atomic mass is 10.0. The average molecular weight is 664 g/mol. The molecule has 0 bridgehead atoms. The van der Waals surface area contributed by atoms with Crippen LogP contribution in [0.5, 0.6) is 5.75 Å². The van der Waals surface area contributed by atoms with Gasteiger partial charge in [-0.2, -0.15) is 0 Å². The van der Waals surface area contributed by atoms with E-state index in [1.165, 1.54) is 6.20 Å². The summed E-state index contributed by atoms with van der Waals surface area (Å²) < 4.78 is 21.6. The molecule has 3 rings (SSSR count). The molecule has 0 saturated carbocycles. The van der Waals surface area contributed by atoms with Crippen LogP contribution in [0.15, 0.2) is 60.8 Å². The molecule has 2 aromatic carbocycles. The van der Waals surface area contributed by atoms with Gasteiger partial charge in [0.05, 0.1) is 24.5 Å². The third-order valence-corrected chi connectivity index (χ3v) is 6.14. The van der Waals surface area contributed by atoms with Crippen LogP contribution in [0.2, 0.25) is 0 Å². The monoisotopic (exact) mass is 663 g/mol. The van der Waals surface area contributed by atoms with Crippen molar-refractivity contribution >= 4 is 35.8 Å². The van der Waals surface area contributed by atoms with Gasteiger partial charge in [0.1, 0.15) is 22.6 Å². The van der Waals surface area contributed by atoms with Gasteiger partial charge in [0, 0.05) is 11.8 Å². The Balaban J connectivity index is 1.96. The molecule has 258 valence electrons. The van der Waals surface area contributed by atoms with Gasteiger partial charge in [-0.05, 0) is 105 Å². The third kappa shape index (κ3) is 10.8. The summed E-state index contributed by atoms with van der Waals surface area (Å²) in [4.78, 5) is 63.3. The third-order valence-electron chi connectivity index (χ3n) is 6.14. The number of ether oxygens (including phenoxy) is 4. The summed E-state index contributed by atoms with van der Waals surface area (Å²) in [6.07, 6.45) is -1.37. The first kappa shape index (κ1) is 37.4. The molecule has 0 aliphatic rings. The molecular weight excluding hydrogens is 618 g/mol. The van der Waals surface area contributed by atoms with Crippen molar-refractivity contribution in [1.29, 1.82) is 0 Å². The number of hydrogen-bond donors (Lipinski definition) is 1. The number of amides is 4. The van der Waals surface area contributed by atoms with Gasteiger partial charge < -0.3 is 24.7 Å². The second-order valence-electron chi connectivity index (χ2n) is 13.9. The topological polar surface area (TPSA) is 163 Å². The molecule has 0 spiro atoms. The standard InChI is InChI=1S/C35H45N5O8/c1-33(2,3)46-30(42)39(28(41)26(36)21-22-11-17-25(45-10)18-12-22)24-15-13-23(14-16-24)27-19-20-37-29(38-27)40(31(43)47-34(4,5)6)32(44)48-35(7,8)9/h11-20,26H,21,36H2,1-10H3/t26-/m1/s1. The number of nitrogens with two attached hydrogens (primary N) is 1. The summed E-state index contributed by atoms with van der Waals surface area (Å²) >= 11 is 0. The van der Waals surface area contributed by atoms with Crippen LogP contribution < -0.4 is 20.3 Å². The van der Waals surface area contributed by atoms with Crippen LogP contribution in [-0.4, -0.2) is 64.1 Å². The summed E-state index contributed by atoms with van der Waals surface area (Å²) in [7, 11) is 1.56. The molecule has 0 fully saturated rings. The van der Waals surface area contributed by atoms with E-state index in [0.29, 0.717) is 21.9 Å². The molecule has 13 nitrogen and oxygen atoms in total. The molecule has 0 unspecified atom stereocenters. The number of hydrogen-bond acceptors (Lipinski definition) is 11. The summed E-state index contributed by atoms with van der Waals surface area (Å²) in [5.41, 5.74) is 5.44. The van der Waals surface area contributed by atoms with E-state index in [1.807, 2.05) is 0 Å². The first-order chi connectivity index (χ1) is 22.2. The first-order valence-corrected chi connectivity index (χ1v) is 15.3. The van der Waals surface area contributed by atoms with E-state index in [1.54, 1.807) is 124 Å². The van der Waals surface area contributed by atoms with E-state index >= 15 is 0 Å². The van der Waals surface area contributed by atoms with Crippen molar-refractivity contribution in [1.82, 2.24) is 9.97 Å². The molecule has 0 radical (unpaired) electrons. The lowest BCUT2D eigenvalue weighted by Gasteiger charge is -2.28. The Hall–Kier alpha value is -5.04.